The number of ether oxygens (including phenoxy) is 1. The summed E-state index contributed by atoms with van der Waals surface area (Å²) in [4.78, 5) is 11.8. The van der Waals surface area contributed by atoms with Crippen LogP contribution in [-0.4, -0.2) is 22.1 Å². The van der Waals surface area contributed by atoms with Crippen molar-refractivity contribution in [3.05, 3.63) is 90.8 Å². The number of methoxy groups -OCH3 is 1. The second-order valence-corrected chi connectivity index (χ2v) is 7.52. The lowest BCUT2D eigenvalue weighted by atomic mass is 10.0. The number of benzene rings is 3. The van der Waals surface area contributed by atoms with Crippen LogP contribution in [0.15, 0.2) is 85.2 Å². The van der Waals surface area contributed by atoms with Gasteiger partial charge in [0.05, 0.1) is 24.1 Å². The molecule has 0 saturated heterocycles. The molecule has 0 aliphatic heterocycles. The summed E-state index contributed by atoms with van der Waals surface area (Å²) >= 11 is 0. The Balaban J connectivity index is 1.71. The highest BCUT2D eigenvalue weighted by Gasteiger charge is 2.34. The first-order chi connectivity index (χ1) is 15.9. The van der Waals surface area contributed by atoms with Crippen molar-refractivity contribution in [2.24, 2.45) is 0 Å². The predicted octanol–water partition coefficient (Wildman–Crippen LogP) is 6.99. The number of aromatic amines is 1. The lowest BCUT2D eigenvalue weighted by Gasteiger charge is -2.10. The van der Waals surface area contributed by atoms with E-state index in [9.17, 15) is 13.2 Å². The van der Waals surface area contributed by atoms with Crippen LogP contribution in [0.5, 0.6) is 5.75 Å². The van der Waals surface area contributed by atoms with Crippen LogP contribution in [-0.2, 0) is 6.18 Å². The summed E-state index contributed by atoms with van der Waals surface area (Å²) in [5, 5.41) is 1.95. The molecule has 33 heavy (non-hydrogen) atoms. The molecule has 0 unspecified atom stereocenters. The van der Waals surface area contributed by atoms with Gasteiger partial charge in [-0.1, -0.05) is 36.4 Å². The summed E-state index contributed by atoms with van der Waals surface area (Å²) in [5.74, 6) is 0.901. The minimum Gasteiger partial charge on any atom is -0.497 e. The van der Waals surface area contributed by atoms with Gasteiger partial charge in [0, 0.05) is 29.1 Å². The van der Waals surface area contributed by atoms with E-state index in [1.165, 1.54) is 12.1 Å². The maximum Gasteiger partial charge on any atom is 0.417 e. The lowest BCUT2D eigenvalue weighted by molar-refractivity contribution is -0.137. The molecule has 7 heteroatoms. The Morgan fingerprint density at radius 1 is 0.818 bits per heavy atom. The van der Waals surface area contributed by atoms with Gasteiger partial charge in [-0.2, -0.15) is 13.2 Å². The first-order valence-corrected chi connectivity index (χ1v) is 10.2. The van der Waals surface area contributed by atoms with Gasteiger partial charge in [0.2, 0.25) is 0 Å². The zero-order valence-electron chi connectivity index (χ0n) is 17.5. The highest BCUT2D eigenvalue weighted by Crippen LogP contribution is 2.39. The molecule has 0 atom stereocenters. The van der Waals surface area contributed by atoms with Gasteiger partial charge in [-0.25, -0.2) is 4.98 Å². The zero-order chi connectivity index (χ0) is 23.0. The van der Waals surface area contributed by atoms with Crippen LogP contribution in [0.1, 0.15) is 5.56 Å². The molecular weight excluding hydrogens is 427 g/mol. The van der Waals surface area contributed by atoms with Crippen LogP contribution in [0.25, 0.3) is 44.7 Å². The van der Waals surface area contributed by atoms with Crippen molar-refractivity contribution in [1.29, 1.82) is 0 Å². The normalized spacial score (nSPS) is 11.6. The molecule has 0 radical (unpaired) electrons. The van der Waals surface area contributed by atoms with Crippen molar-refractivity contribution in [2.45, 2.75) is 6.18 Å². The highest BCUT2D eigenvalue weighted by molar-refractivity contribution is 5.91. The molecular formula is C26H18F3N3O. The lowest BCUT2D eigenvalue weighted by Crippen LogP contribution is -2.07. The molecule has 3 aromatic carbocycles. The number of H-pyrrole nitrogens is 1. The van der Waals surface area contributed by atoms with E-state index >= 15 is 0 Å². The number of imidazole rings is 1. The van der Waals surface area contributed by atoms with Gasteiger partial charge in [-0.15, -0.1) is 0 Å². The smallest absolute Gasteiger partial charge is 0.417 e. The Kier molecular flexibility index (Phi) is 5.09. The number of halogens is 3. The number of rotatable bonds is 4. The van der Waals surface area contributed by atoms with Gasteiger partial charge >= 0.3 is 6.18 Å². The van der Waals surface area contributed by atoms with Gasteiger partial charge in [-0.3, -0.25) is 4.98 Å². The molecule has 5 aromatic rings. The van der Waals surface area contributed by atoms with E-state index < -0.39 is 11.7 Å². The molecule has 0 amide bonds. The van der Waals surface area contributed by atoms with Gasteiger partial charge in [0.1, 0.15) is 11.6 Å². The van der Waals surface area contributed by atoms with E-state index in [1.807, 2.05) is 36.4 Å². The SMILES string of the molecule is COc1ccc2cc(-c3nc(-c4ccccc4C(F)(F)F)[nH]c3-c3ccncc3)ccc2c1. The molecule has 1 N–H and O–H groups in total. The average molecular weight is 445 g/mol. The molecule has 0 fully saturated rings. The first-order valence-electron chi connectivity index (χ1n) is 10.2. The largest absolute Gasteiger partial charge is 0.497 e. The fourth-order valence-electron chi connectivity index (χ4n) is 3.87. The van der Waals surface area contributed by atoms with Crippen molar-refractivity contribution < 1.29 is 17.9 Å². The summed E-state index contributed by atoms with van der Waals surface area (Å²) < 4.78 is 46.3. The molecule has 2 heterocycles. The summed E-state index contributed by atoms with van der Waals surface area (Å²) in [6.07, 6.45) is -1.23. The van der Waals surface area contributed by atoms with Crippen molar-refractivity contribution in [3.8, 4) is 39.7 Å². The number of nitrogens with zero attached hydrogens (tertiary/aromatic N) is 2. The van der Waals surface area contributed by atoms with Crippen molar-refractivity contribution in [1.82, 2.24) is 15.0 Å². The molecule has 0 aliphatic rings. The Bertz CT molecular complexity index is 1440. The van der Waals surface area contributed by atoms with E-state index in [2.05, 4.69) is 15.0 Å². The Hall–Kier alpha value is -4.13. The summed E-state index contributed by atoms with van der Waals surface area (Å²) in [5.41, 5.74) is 2.00. The number of alkyl halides is 3. The summed E-state index contributed by atoms with van der Waals surface area (Å²) in [7, 11) is 1.61. The Labute approximate surface area is 187 Å². The number of pyridine rings is 1. The number of fused-ring (bicyclic) bond motifs is 1. The van der Waals surface area contributed by atoms with Crippen molar-refractivity contribution in [2.75, 3.05) is 7.11 Å². The monoisotopic (exact) mass is 445 g/mol. The van der Waals surface area contributed by atoms with Crippen LogP contribution in [0, 0.1) is 0 Å². The van der Waals surface area contributed by atoms with Crippen LogP contribution in [0.3, 0.4) is 0 Å². The van der Waals surface area contributed by atoms with Crippen LogP contribution < -0.4 is 4.74 Å². The topological polar surface area (TPSA) is 50.8 Å². The second kappa shape index (κ2) is 8.09. The molecule has 0 spiro atoms. The Morgan fingerprint density at radius 3 is 2.30 bits per heavy atom. The summed E-state index contributed by atoms with van der Waals surface area (Å²) in [6, 6.07) is 20.6. The fraction of sp³-hybridized carbons (Fsp3) is 0.0769. The quantitative estimate of drug-likeness (QED) is 0.324. The number of hydrogen-bond donors (Lipinski definition) is 1. The molecule has 4 nitrogen and oxygen atoms in total. The van der Waals surface area contributed by atoms with E-state index in [-0.39, 0.29) is 11.4 Å². The third-order valence-electron chi connectivity index (χ3n) is 5.48. The first kappa shape index (κ1) is 20.8. The second-order valence-electron chi connectivity index (χ2n) is 7.52. The van der Waals surface area contributed by atoms with E-state index in [0.717, 1.165) is 33.7 Å². The minimum atomic E-state index is -4.50. The van der Waals surface area contributed by atoms with Crippen molar-refractivity contribution >= 4 is 10.8 Å². The highest BCUT2D eigenvalue weighted by atomic mass is 19.4. The molecule has 0 bridgehead atoms. The molecule has 0 saturated carbocycles. The van der Waals surface area contributed by atoms with Crippen LogP contribution >= 0.6 is 0 Å². The molecule has 5 rings (SSSR count). The van der Waals surface area contributed by atoms with Gasteiger partial charge in [-0.05, 0) is 47.2 Å². The van der Waals surface area contributed by atoms with Gasteiger partial charge in [0.15, 0.2) is 0 Å². The third kappa shape index (κ3) is 3.93. The standard InChI is InChI=1S/C26H18F3N3O/c1-33-20-9-8-17-14-19(7-6-18(17)15-20)24-23(16-10-12-30-13-11-16)31-25(32-24)21-4-2-3-5-22(21)26(27,28)29/h2-15H,1H3,(H,31,32). The third-order valence-corrected chi connectivity index (χ3v) is 5.48. The number of aromatic nitrogens is 3. The number of hydrogen-bond acceptors (Lipinski definition) is 3. The average Bonchev–Trinajstić information content (AvgIpc) is 3.29. The minimum absolute atomic E-state index is 0.00270. The maximum atomic E-state index is 13.7. The molecule has 2 aromatic heterocycles. The Morgan fingerprint density at radius 2 is 1.55 bits per heavy atom. The molecule has 0 aliphatic carbocycles. The van der Waals surface area contributed by atoms with E-state index in [4.69, 9.17) is 4.74 Å². The van der Waals surface area contributed by atoms with Crippen molar-refractivity contribution in [3.63, 3.8) is 0 Å². The summed E-state index contributed by atoms with van der Waals surface area (Å²) in [6.45, 7) is 0. The van der Waals surface area contributed by atoms with E-state index in [0.29, 0.717) is 11.4 Å². The maximum absolute atomic E-state index is 13.7. The fourth-order valence-corrected chi connectivity index (χ4v) is 3.87. The van der Waals surface area contributed by atoms with E-state index in [1.54, 1.807) is 37.7 Å². The zero-order valence-corrected chi connectivity index (χ0v) is 17.5. The van der Waals surface area contributed by atoms with Gasteiger partial charge in [0.25, 0.3) is 0 Å². The van der Waals surface area contributed by atoms with Crippen LogP contribution in [0.4, 0.5) is 13.2 Å². The van der Waals surface area contributed by atoms with Crippen LogP contribution in [0.2, 0.25) is 0 Å². The van der Waals surface area contributed by atoms with Gasteiger partial charge < -0.3 is 9.72 Å². The number of nitrogens with one attached hydrogen (secondary N) is 1. The molecule has 164 valence electrons. The predicted molar refractivity (Wildman–Crippen MR) is 122 cm³/mol.